The van der Waals surface area contributed by atoms with E-state index in [1.807, 2.05) is 49.5 Å². The van der Waals surface area contributed by atoms with E-state index in [0.717, 1.165) is 5.56 Å². The van der Waals surface area contributed by atoms with Gasteiger partial charge >= 0.3 is 0 Å². The third-order valence-electron chi connectivity index (χ3n) is 3.87. The highest BCUT2D eigenvalue weighted by molar-refractivity contribution is 7.59. The van der Waals surface area contributed by atoms with Gasteiger partial charge < -0.3 is 10.4 Å². The summed E-state index contributed by atoms with van der Waals surface area (Å²) < 4.78 is 0. The predicted molar refractivity (Wildman–Crippen MR) is 93.0 cm³/mol. The lowest BCUT2D eigenvalue weighted by molar-refractivity contribution is 0.0107. The van der Waals surface area contributed by atoms with Crippen molar-refractivity contribution in [2.75, 3.05) is 7.05 Å². The molecule has 0 aliphatic heterocycles. The Bertz CT molecular complexity index is 561. The molecule has 0 amide bonds. The number of fused-ring (bicyclic) bond motifs is 1. The van der Waals surface area contributed by atoms with Gasteiger partial charge in [-0.3, -0.25) is 0 Å². The number of hydrogen-bond acceptors (Lipinski definition) is 2. The summed E-state index contributed by atoms with van der Waals surface area (Å²) in [5.74, 6) is 0. The molecule has 0 fully saturated rings. The van der Waals surface area contributed by atoms with Gasteiger partial charge in [-0.15, -0.1) is 0 Å². The minimum Gasteiger partial charge on any atom is -0.383 e. The molecule has 4 heteroatoms. The van der Waals surface area contributed by atoms with Crippen molar-refractivity contribution in [3.8, 4) is 0 Å². The topological polar surface area (TPSA) is 32.3 Å². The van der Waals surface area contributed by atoms with Gasteiger partial charge in [-0.25, -0.2) is 0 Å². The Morgan fingerprint density at radius 3 is 2.25 bits per heavy atom. The van der Waals surface area contributed by atoms with Crippen molar-refractivity contribution in [3.05, 3.63) is 71.3 Å². The van der Waals surface area contributed by atoms with E-state index in [0.29, 0.717) is 6.42 Å². The molecule has 0 saturated carbocycles. The molecule has 0 heterocycles. The van der Waals surface area contributed by atoms with Crippen LogP contribution in [-0.4, -0.2) is 12.2 Å². The molecule has 2 nitrogen and oxygen atoms in total. The summed E-state index contributed by atoms with van der Waals surface area (Å²) >= 11 is 0. The van der Waals surface area contributed by atoms with Gasteiger partial charge in [-0.05, 0) is 23.7 Å². The monoisotopic (exact) mass is 307 g/mol. The zero-order chi connectivity index (χ0) is 12.6. The number of aliphatic hydroxyl groups is 1. The van der Waals surface area contributed by atoms with E-state index in [1.165, 1.54) is 11.1 Å². The molecule has 2 aromatic carbocycles. The van der Waals surface area contributed by atoms with Crippen molar-refractivity contribution < 1.29 is 5.11 Å². The number of hydrogen-bond donors (Lipinski definition) is 2. The summed E-state index contributed by atoms with van der Waals surface area (Å²) in [6.45, 7) is 0. The lowest BCUT2D eigenvalue weighted by Gasteiger charge is -2.30. The highest BCUT2D eigenvalue weighted by atomic mass is 32.1. The summed E-state index contributed by atoms with van der Waals surface area (Å²) in [6, 6.07) is 18.1. The molecular weight excluding hydrogens is 286 g/mol. The lowest BCUT2D eigenvalue weighted by Crippen LogP contribution is -2.37. The molecule has 2 atom stereocenters. The minimum absolute atomic E-state index is 0. The van der Waals surface area contributed by atoms with Gasteiger partial charge in [-0.2, -0.15) is 27.0 Å². The van der Waals surface area contributed by atoms with Crippen molar-refractivity contribution >= 4 is 27.0 Å². The van der Waals surface area contributed by atoms with E-state index in [4.69, 9.17) is 0 Å². The normalized spacial score (nSPS) is 23.4. The Balaban J connectivity index is 0.000001000. The molecule has 0 aromatic heterocycles. The van der Waals surface area contributed by atoms with Gasteiger partial charge in [0.2, 0.25) is 0 Å². The van der Waals surface area contributed by atoms with Crippen molar-refractivity contribution in [2.45, 2.75) is 18.1 Å². The molecule has 1 aliphatic rings. The molecule has 0 spiro atoms. The first kappa shape index (κ1) is 17.1. The Kier molecular flexibility index (Phi) is 5.71. The maximum absolute atomic E-state index is 11.1. The number of benzene rings is 2. The van der Waals surface area contributed by atoms with Crippen LogP contribution < -0.4 is 5.32 Å². The summed E-state index contributed by atoms with van der Waals surface area (Å²) in [5.41, 5.74) is 2.55. The molecule has 3 rings (SSSR count). The second-order valence-electron chi connectivity index (χ2n) is 4.89. The van der Waals surface area contributed by atoms with Crippen molar-refractivity contribution in [2.24, 2.45) is 0 Å². The van der Waals surface area contributed by atoms with E-state index in [2.05, 4.69) is 17.4 Å². The first-order valence-corrected chi connectivity index (χ1v) is 6.28. The molecule has 2 aromatic rings. The maximum atomic E-state index is 11.1. The quantitative estimate of drug-likeness (QED) is 0.894. The van der Waals surface area contributed by atoms with Gasteiger partial charge in [0.25, 0.3) is 0 Å². The van der Waals surface area contributed by atoms with Crippen LogP contribution >= 0.6 is 27.0 Å². The Hall–Kier alpha value is -0.940. The molecule has 0 bridgehead atoms. The largest absolute Gasteiger partial charge is 0.383 e. The summed E-state index contributed by atoms with van der Waals surface area (Å²) in [4.78, 5) is 0. The molecule has 0 unspecified atom stereocenters. The third kappa shape index (κ3) is 2.61. The maximum Gasteiger partial charge on any atom is 0.113 e. The highest BCUT2D eigenvalue weighted by Crippen LogP contribution is 2.45. The third-order valence-corrected chi connectivity index (χ3v) is 3.87. The van der Waals surface area contributed by atoms with Crippen LogP contribution in [0.2, 0.25) is 0 Å². The summed E-state index contributed by atoms with van der Waals surface area (Å²) in [5, 5.41) is 14.3. The van der Waals surface area contributed by atoms with E-state index in [1.54, 1.807) is 0 Å². The average molecular weight is 307 g/mol. The number of rotatable bonds is 2. The Labute approximate surface area is 134 Å². The number of likely N-dealkylation sites (N-methyl/N-ethyl adjacent to an activating group) is 1. The van der Waals surface area contributed by atoms with E-state index in [-0.39, 0.29) is 33.0 Å². The van der Waals surface area contributed by atoms with Crippen LogP contribution in [0.1, 0.15) is 22.7 Å². The lowest BCUT2D eigenvalue weighted by atomic mass is 9.87. The number of nitrogens with one attached hydrogen (secondary N) is 1. The first-order valence-electron chi connectivity index (χ1n) is 6.28. The van der Waals surface area contributed by atoms with Gasteiger partial charge in [0.15, 0.2) is 0 Å². The highest BCUT2D eigenvalue weighted by Gasteiger charge is 2.44. The Morgan fingerprint density at radius 2 is 1.60 bits per heavy atom. The van der Waals surface area contributed by atoms with Crippen molar-refractivity contribution in [1.29, 1.82) is 0 Å². The molecule has 0 saturated heterocycles. The van der Waals surface area contributed by atoms with Crippen molar-refractivity contribution in [3.63, 3.8) is 0 Å². The van der Waals surface area contributed by atoms with E-state index < -0.39 is 5.60 Å². The summed E-state index contributed by atoms with van der Waals surface area (Å²) in [7, 11) is 1.90. The van der Waals surface area contributed by atoms with Crippen LogP contribution in [0.3, 0.4) is 0 Å². The smallest absolute Gasteiger partial charge is 0.113 e. The molecule has 20 heavy (non-hydrogen) atoms. The van der Waals surface area contributed by atoms with Crippen LogP contribution in [-0.2, 0) is 12.0 Å². The van der Waals surface area contributed by atoms with E-state index >= 15 is 0 Å². The second kappa shape index (κ2) is 6.68. The van der Waals surface area contributed by atoms with Crippen LogP contribution in [0.25, 0.3) is 0 Å². The van der Waals surface area contributed by atoms with Crippen LogP contribution in [0.15, 0.2) is 54.6 Å². The average Bonchev–Trinajstić information content (AvgIpc) is 2.72. The first-order chi connectivity index (χ1) is 8.75. The van der Waals surface area contributed by atoms with Gasteiger partial charge in [0, 0.05) is 6.42 Å². The minimum atomic E-state index is -0.848. The van der Waals surface area contributed by atoms with Gasteiger partial charge in [0.05, 0.1) is 6.04 Å². The van der Waals surface area contributed by atoms with E-state index in [9.17, 15) is 5.11 Å². The van der Waals surface area contributed by atoms with Crippen molar-refractivity contribution in [1.82, 2.24) is 5.32 Å². The predicted octanol–water partition coefficient (Wildman–Crippen LogP) is 2.62. The fraction of sp³-hybridized carbons (Fsp3) is 0.250. The molecular formula is C16H21NOS2. The van der Waals surface area contributed by atoms with Crippen LogP contribution in [0.5, 0.6) is 0 Å². The van der Waals surface area contributed by atoms with Gasteiger partial charge in [0.1, 0.15) is 5.60 Å². The fourth-order valence-corrected chi connectivity index (χ4v) is 3.02. The summed E-state index contributed by atoms with van der Waals surface area (Å²) in [6.07, 6.45) is 0.665. The zero-order valence-electron chi connectivity index (χ0n) is 11.4. The molecule has 0 radical (unpaired) electrons. The standard InChI is InChI=1S/C16H17NO.2H2S/c1-17-15-14-10-6-5-7-12(14)11-16(15,18)13-8-3-2-4-9-13;;/h2-10,15,17-18H,11H2,1H3;2*1H2/t15-,16-;;/m0../s1. The van der Waals surface area contributed by atoms with Crippen LogP contribution in [0.4, 0.5) is 0 Å². The fourth-order valence-electron chi connectivity index (χ4n) is 3.02. The molecule has 1 aliphatic carbocycles. The second-order valence-corrected chi connectivity index (χ2v) is 4.89. The molecule has 108 valence electrons. The molecule has 2 N–H and O–H groups in total. The van der Waals surface area contributed by atoms with Crippen LogP contribution in [0, 0.1) is 0 Å². The Morgan fingerprint density at radius 1 is 1.00 bits per heavy atom. The zero-order valence-corrected chi connectivity index (χ0v) is 13.4. The SMILES string of the molecule is CN[C@H]1c2ccccc2C[C@]1(O)c1ccccc1.S.S. The van der Waals surface area contributed by atoms with Gasteiger partial charge in [-0.1, -0.05) is 54.6 Å².